The van der Waals surface area contributed by atoms with Crippen molar-refractivity contribution in [2.45, 2.75) is 58.5 Å². The molecular weight excluding hydrogens is 472 g/mol. The van der Waals surface area contributed by atoms with E-state index in [4.69, 9.17) is 21.1 Å². The van der Waals surface area contributed by atoms with E-state index in [2.05, 4.69) is 58.7 Å². The topological polar surface area (TPSA) is 68.3 Å². The van der Waals surface area contributed by atoms with E-state index in [0.29, 0.717) is 23.8 Å². The highest BCUT2D eigenvalue weighted by molar-refractivity contribution is 6.30. The van der Waals surface area contributed by atoms with Crippen LogP contribution in [0.1, 0.15) is 40.8 Å². The second kappa shape index (κ2) is 13.0. The Morgan fingerprint density at radius 2 is 1.42 bits per heavy atom. The maximum absolute atomic E-state index is 6.21. The van der Waals surface area contributed by atoms with Crippen LogP contribution < -0.4 is 20.1 Å². The van der Waals surface area contributed by atoms with Gasteiger partial charge in [-0.2, -0.15) is 0 Å². The summed E-state index contributed by atoms with van der Waals surface area (Å²) < 4.78 is 11.4. The highest BCUT2D eigenvalue weighted by atomic mass is 35.5. The van der Waals surface area contributed by atoms with Crippen molar-refractivity contribution < 1.29 is 9.47 Å². The fourth-order valence-electron chi connectivity index (χ4n) is 3.83. The van der Waals surface area contributed by atoms with Crippen molar-refractivity contribution in [2.75, 3.05) is 26.3 Å². The molecule has 0 spiro atoms. The van der Waals surface area contributed by atoms with Gasteiger partial charge < -0.3 is 20.1 Å². The molecule has 7 heteroatoms. The van der Waals surface area contributed by atoms with Gasteiger partial charge in [0.1, 0.15) is 29.9 Å². The summed E-state index contributed by atoms with van der Waals surface area (Å²) in [5, 5.41) is 7.19. The zero-order chi connectivity index (χ0) is 25.3. The van der Waals surface area contributed by atoms with E-state index in [0.717, 1.165) is 55.3 Å². The molecule has 2 aliphatic rings. The lowest BCUT2D eigenvalue weighted by molar-refractivity contribution is 0.217. The van der Waals surface area contributed by atoms with Crippen LogP contribution in [0, 0.1) is 20.8 Å². The Labute approximate surface area is 219 Å². The Bertz CT molecular complexity index is 1110. The number of rotatable bonds is 9. The molecule has 0 saturated carbocycles. The van der Waals surface area contributed by atoms with Gasteiger partial charge in [-0.15, -0.1) is 0 Å². The van der Waals surface area contributed by atoms with Gasteiger partial charge in [0.25, 0.3) is 0 Å². The molecule has 4 heterocycles. The van der Waals surface area contributed by atoms with Crippen LogP contribution >= 0.6 is 11.6 Å². The molecule has 2 aromatic heterocycles. The monoisotopic (exact) mass is 508 g/mol. The molecule has 1 aromatic carbocycles. The predicted molar refractivity (Wildman–Crippen MR) is 145 cm³/mol. The number of hydrogen-bond acceptors (Lipinski definition) is 6. The van der Waals surface area contributed by atoms with E-state index in [1.165, 1.54) is 29.5 Å². The van der Waals surface area contributed by atoms with Crippen LogP contribution in [0.25, 0.3) is 0 Å². The van der Waals surface area contributed by atoms with Crippen LogP contribution in [0.5, 0.6) is 11.5 Å². The van der Waals surface area contributed by atoms with Crippen LogP contribution in [0.3, 0.4) is 0 Å². The van der Waals surface area contributed by atoms with Crippen LogP contribution in [-0.2, 0) is 12.8 Å². The Kier molecular flexibility index (Phi) is 9.56. The number of nitrogens with zero attached hydrogens (tertiary/aromatic N) is 2. The highest BCUT2D eigenvalue weighted by Gasteiger charge is 2.17. The molecule has 5 rings (SSSR count). The summed E-state index contributed by atoms with van der Waals surface area (Å²) in [6, 6.07) is 13.7. The summed E-state index contributed by atoms with van der Waals surface area (Å²) in [5.41, 5.74) is 5.89. The van der Waals surface area contributed by atoms with Gasteiger partial charge in [-0.1, -0.05) is 41.4 Å². The summed E-state index contributed by atoms with van der Waals surface area (Å²) in [4.78, 5) is 8.50. The summed E-state index contributed by atoms with van der Waals surface area (Å²) in [6.45, 7) is 9.82. The van der Waals surface area contributed by atoms with Crippen LogP contribution in [0.2, 0.25) is 5.15 Å². The first-order valence-corrected chi connectivity index (χ1v) is 13.2. The average molecular weight is 509 g/mol. The summed E-state index contributed by atoms with van der Waals surface area (Å²) in [7, 11) is 0. The molecule has 1 unspecified atom stereocenters. The molecule has 2 fully saturated rings. The molecule has 2 aliphatic heterocycles. The number of nitrogens with one attached hydrogen (secondary N) is 2. The summed E-state index contributed by atoms with van der Waals surface area (Å²) in [6.07, 6.45) is 7.72. The predicted octanol–water partition coefficient (Wildman–Crippen LogP) is 5.01. The largest absolute Gasteiger partial charge is 0.490 e. The summed E-state index contributed by atoms with van der Waals surface area (Å²) >= 11 is 6.21. The Morgan fingerprint density at radius 3 is 1.97 bits per heavy atom. The molecule has 0 amide bonds. The van der Waals surface area contributed by atoms with Gasteiger partial charge in [-0.05, 0) is 88.4 Å². The van der Waals surface area contributed by atoms with Crippen LogP contribution in [0.15, 0.2) is 48.8 Å². The number of aryl methyl sites for hydroxylation is 5. The third-order valence-corrected chi connectivity index (χ3v) is 7.10. The fraction of sp³-hybridized carbons (Fsp3) is 0.448. The third kappa shape index (κ3) is 7.92. The average Bonchev–Trinajstić information content (AvgIpc) is 2.81. The van der Waals surface area contributed by atoms with Gasteiger partial charge in [-0.3, -0.25) is 4.98 Å². The van der Waals surface area contributed by atoms with Gasteiger partial charge in [-0.25, -0.2) is 4.98 Å². The standard InChI is InChI=1S/C18H21ClN2O.C11H16N2O/c1-13-2-4-14(5-3-13)6-7-15-10-17(11-21-18(15)19)22-12-16-8-9-20-16;1-8-5-11(6-13-9(8)2)14-7-10-3-4-12-10/h2-5,10-11,16,20H,6-9,12H2,1H3;5-6,10,12H,3-4,7H2,1-2H3/t;10-/m.0/s1. The quantitative estimate of drug-likeness (QED) is 0.396. The number of halogens is 1. The minimum absolute atomic E-state index is 0.478. The van der Waals surface area contributed by atoms with Crippen molar-refractivity contribution in [3.8, 4) is 11.5 Å². The van der Waals surface area contributed by atoms with Crippen molar-refractivity contribution in [1.29, 1.82) is 0 Å². The molecule has 36 heavy (non-hydrogen) atoms. The highest BCUT2D eigenvalue weighted by Crippen LogP contribution is 2.22. The SMILES string of the molecule is Cc1cc(OC[C@@H]2CCN2)cnc1C.Cc1ccc(CCc2cc(OCC3CCN3)cnc2Cl)cc1. The van der Waals surface area contributed by atoms with E-state index in [1.54, 1.807) is 12.4 Å². The molecular formula is C29H37ClN4O2. The lowest BCUT2D eigenvalue weighted by atomic mass is 10.0. The zero-order valence-electron chi connectivity index (χ0n) is 21.5. The van der Waals surface area contributed by atoms with Crippen molar-refractivity contribution in [2.24, 2.45) is 0 Å². The zero-order valence-corrected chi connectivity index (χ0v) is 22.3. The molecule has 2 saturated heterocycles. The number of aromatic nitrogens is 2. The van der Waals surface area contributed by atoms with Crippen LogP contribution in [0.4, 0.5) is 0 Å². The molecule has 3 aromatic rings. The smallest absolute Gasteiger partial charge is 0.138 e. The van der Waals surface area contributed by atoms with E-state index in [9.17, 15) is 0 Å². The van der Waals surface area contributed by atoms with Crippen LogP contribution in [-0.4, -0.2) is 48.4 Å². The van der Waals surface area contributed by atoms with Gasteiger partial charge in [0.05, 0.1) is 12.4 Å². The van der Waals surface area contributed by atoms with Gasteiger partial charge in [0, 0.05) is 17.8 Å². The first-order chi connectivity index (χ1) is 17.5. The Morgan fingerprint density at radius 1 is 0.833 bits per heavy atom. The molecule has 6 nitrogen and oxygen atoms in total. The maximum atomic E-state index is 6.21. The normalized spacial score (nSPS) is 18.3. The number of ether oxygens (including phenoxy) is 2. The van der Waals surface area contributed by atoms with Crippen molar-refractivity contribution in [3.63, 3.8) is 0 Å². The molecule has 0 radical (unpaired) electrons. The van der Waals surface area contributed by atoms with E-state index < -0.39 is 0 Å². The lowest BCUT2D eigenvalue weighted by Gasteiger charge is -2.27. The molecule has 0 bridgehead atoms. The Balaban J connectivity index is 0.000000187. The first kappa shape index (κ1) is 26.4. The maximum Gasteiger partial charge on any atom is 0.138 e. The number of pyridine rings is 2. The Hall–Kier alpha value is -2.67. The second-order valence-corrected chi connectivity index (χ2v) is 10.0. The molecule has 2 atom stereocenters. The molecule has 2 N–H and O–H groups in total. The van der Waals surface area contributed by atoms with Gasteiger partial charge in [0.15, 0.2) is 0 Å². The fourth-order valence-corrected chi connectivity index (χ4v) is 4.03. The summed E-state index contributed by atoms with van der Waals surface area (Å²) in [5.74, 6) is 1.68. The third-order valence-electron chi connectivity index (χ3n) is 6.76. The second-order valence-electron chi connectivity index (χ2n) is 9.68. The van der Waals surface area contributed by atoms with Gasteiger partial charge in [0.2, 0.25) is 0 Å². The van der Waals surface area contributed by atoms with Crippen molar-refractivity contribution in [1.82, 2.24) is 20.6 Å². The lowest BCUT2D eigenvalue weighted by Crippen LogP contribution is -2.46. The van der Waals surface area contributed by atoms with E-state index in [1.807, 2.05) is 19.1 Å². The number of hydrogen-bond donors (Lipinski definition) is 2. The first-order valence-electron chi connectivity index (χ1n) is 12.8. The van der Waals surface area contributed by atoms with Crippen molar-refractivity contribution in [3.05, 3.63) is 81.9 Å². The number of benzene rings is 1. The van der Waals surface area contributed by atoms with Crippen molar-refractivity contribution >= 4 is 11.6 Å². The van der Waals surface area contributed by atoms with Gasteiger partial charge >= 0.3 is 0 Å². The minimum atomic E-state index is 0.478. The van der Waals surface area contributed by atoms with E-state index >= 15 is 0 Å². The molecule has 0 aliphatic carbocycles. The minimum Gasteiger partial charge on any atom is -0.490 e. The van der Waals surface area contributed by atoms with E-state index in [-0.39, 0.29) is 0 Å². The molecule has 192 valence electrons.